The summed E-state index contributed by atoms with van der Waals surface area (Å²) in [5.41, 5.74) is 0.284. The quantitative estimate of drug-likeness (QED) is 0.537. The first-order valence-corrected chi connectivity index (χ1v) is 8.10. The summed E-state index contributed by atoms with van der Waals surface area (Å²) in [5.74, 6) is 0. The lowest BCUT2D eigenvalue weighted by Crippen LogP contribution is -2.33. The lowest BCUT2D eigenvalue weighted by molar-refractivity contribution is 0.0528. The molecular formula is C14H19BrCl2N2O2. The van der Waals surface area contributed by atoms with Crippen molar-refractivity contribution in [3.63, 3.8) is 0 Å². The smallest absolute Gasteiger partial charge is 0.407 e. The van der Waals surface area contributed by atoms with Gasteiger partial charge in [-0.25, -0.2) is 4.79 Å². The molecule has 1 aromatic carbocycles. The van der Waals surface area contributed by atoms with Gasteiger partial charge in [-0.3, -0.25) is 0 Å². The van der Waals surface area contributed by atoms with Crippen LogP contribution in [0.2, 0.25) is 10.0 Å². The number of ether oxygens (including phenoxy) is 1. The van der Waals surface area contributed by atoms with E-state index in [0.29, 0.717) is 23.1 Å². The summed E-state index contributed by atoms with van der Waals surface area (Å²) in [6, 6.07) is 3.68. The fourth-order valence-electron chi connectivity index (χ4n) is 1.48. The van der Waals surface area contributed by atoms with E-state index in [1.165, 1.54) is 0 Å². The lowest BCUT2D eigenvalue weighted by atomic mass is 10.2. The van der Waals surface area contributed by atoms with Crippen molar-refractivity contribution in [1.29, 1.82) is 0 Å². The third-order valence-corrected chi connectivity index (χ3v) is 4.14. The molecule has 1 amide bonds. The molecule has 1 aromatic rings. The first-order valence-electron chi connectivity index (χ1n) is 6.55. The van der Waals surface area contributed by atoms with E-state index in [-0.39, 0.29) is 0 Å². The number of hydrogen-bond acceptors (Lipinski definition) is 3. The summed E-state index contributed by atoms with van der Waals surface area (Å²) in [7, 11) is 0. The first-order chi connectivity index (χ1) is 9.70. The minimum atomic E-state index is -0.482. The van der Waals surface area contributed by atoms with Gasteiger partial charge in [-0.2, -0.15) is 0 Å². The van der Waals surface area contributed by atoms with Gasteiger partial charge in [0.1, 0.15) is 5.60 Å². The molecule has 7 heteroatoms. The Bertz CT molecular complexity index is 504. The molecule has 1 rings (SSSR count). The number of benzene rings is 1. The van der Waals surface area contributed by atoms with E-state index < -0.39 is 11.7 Å². The fourth-order valence-corrected chi connectivity index (χ4v) is 2.32. The zero-order valence-electron chi connectivity index (χ0n) is 12.2. The van der Waals surface area contributed by atoms with Gasteiger partial charge in [0.05, 0.1) is 15.7 Å². The van der Waals surface area contributed by atoms with Gasteiger partial charge in [-0.05, 0) is 55.3 Å². The van der Waals surface area contributed by atoms with Crippen LogP contribution in [-0.4, -0.2) is 24.8 Å². The Morgan fingerprint density at radius 1 is 1.24 bits per heavy atom. The molecule has 21 heavy (non-hydrogen) atoms. The second-order valence-electron chi connectivity index (χ2n) is 5.43. The molecule has 2 N–H and O–H groups in total. The number of anilines is 1. The monoisotopic (exact) mass is 396 g/mol. The van der Waals surface area contributed by atoms with Gasteiger partial charge < -0.3 is 15.4 Å². The van der Waals surface area contributed by atoms with Gasteiger partial charge in [0.2, 0.25) is 0 Å². The number of carbonyl (C=O) groups excluding carboxylic acids is 1. The Labute approximate surface area is 143 Å². The number of rotatable bonds is 5. The normalized spacial score (nSPS) is 11.1. The highest BCUT2D eigenvalue weighted by molar-refractivity contribution is 9.10. The number of alkyl carbamates (subject to hydrolysis) is 1. The maximum atomic E-state index is 11.4. The Morgan fingerprint density at radius 2 is 1.90 bits per heavy atom. The molecule has 0 aromatic heterocycles. The van der Waals surface area contributed by atoms with Crippen molar-refractivity contribution in [3.8, 4) is 0 Å². The first kappa shape index (κ1) is 18.4. The lowest BCUT2D eigenvalue weighted by Gasteiger charge is -2.19. The maximum absolute atomic E-state index is 11.4. The molecule has 118 valence electrons. The molecule has 0 aliphatic carbocycles. The van der Waals surface area contributed by atoms with Crippen LogP contribution in [-0.2, 0) is 4.74 Å². The number of amides is 1. The van der Waals surface area contributed by atoms with Gasteiger partial charge in [0.25, 0.3) is 0 Å². The average molecular weight is 398 g/mol. The molecule has 0 spiro atoms. The minimum absolute atomic E-state index is 0.410. The largest absolute Gasteiger partial charge is 0.444 e. The highest BCUT2D eigenvalue weighted by atomic mass is 79.9. The third kappa shape index (κ3) is 6.76. The Kier molecular flexibility index (Phi) is 7.10. The molecule has 0 atom stereocenters. The van der Waals surface area contributed by atoms with Gasteiger partial charge >= 0.3 is 6.09 Å². The van der Waals surface area contributed by atoms with Gasteiger partial charge in [-0.15, -0.1) is 0 Å². The predicted octanol–water partition coefficient (Wildman–Crippen LogP) is 5.08. The van der Waals surface area contributed by atoms with Crippen LogP contribution in [0, 0.1) is 0 Å². The van der Waals surface area contributed by atoms with E-state index in [2.05, 4.69) is 26.6 Å². The van der Waals surface area contributed by atoms with Crippen molar-refractivity contribution in [2.45, 2.75) is 32.8 Å². The zero-order valence-corrected chi connectivity index (χ0v) is 15.3. The van der Waals surface area contributed by atoms with Crippen LogP contribution in [0.3, 0.4) is 0 Å². The van der Waals surface area contributed by atoms with Crippen molar-refractivity contribution in [1.82, 2.24) is 5.32 Å². The second-order valence-corrected chi connectivity index (χ2v) is 7.04. The zero-order chi connectivity index (χ0) is 16.0. The average Bonchev–Trinajstić information content (AvgIpc) is 2.36. The van der Waals surface area contributed by atoms with Crippen LogP contribution >= 0.6 is 39.1 Å². The van der Waals surface area contributed by atoms with Gasteiger partial charge in [-0.1, -0.05) is 23.2 Å². The highest BCUT2D eigenvalue weighted by Crippen LogP contribution is 2.35. The van der Waals surface area contributed by atoms with Crippen molar-refractivity contribution in [2.75, 3.05) is 18.4 Å². The van der Waals surface area contributed by atoms with E-state index >= 15 is 0 Å². The standard InChI is InChI=1S/C14H19BrCl2N2O2/c1-14(2,3)21-13(20)19-8-4-7-18-10-6-5-9(15)11(16)12(10)17/h5-6,18H,4,7-8H2,1-3H3,(H,19,20). The number of carbonyl (C=O) groups is 1. The molecule has 0 heterocycles. The van der Waals surface area contributed by atoms with Crippen LogP contribution in [0.1, 0.15) is 27.2 Å². The highest BCUT2D eigenvalue weighted by Gasteiger charge is 2.15. The van der Waals surface area contributed by atoms with Crippen molar-refractivity contribution in [2.24, 2.45) is 0 Å². The summed E-state index contributed by atoms with van der Waals surface area (Å²) in [6.07, 6.45) is 0.329. The van der Waals surface area contributed by atoms with Crippen LogP contribution in [0.15, 0.2) is 16.6 Å². The van der Waals surface area contributed by atoms with Crippen LogP contribution < -0.4 is 10.6 Å². The van der Waals surface area contributed by atoms with Gasteiger partial charge in [0.15, 0.2) is 0 Å². The molecule has 0 aliphatic heterocycles. The maximum Gasteiger partial charge on any atom is 0.407 e. The summed E-state index contributed by atoms with van der Waals surface area (Å²) in [4.78, 5) is 11.4. The molecule has 0 aliphatic rings. The molecule has 0 radical (unpaired) electrons. The van der Waals surface area contributed by atoms with E-state index in [1.54, 1.807) is 0 Å². The van der Waals surface area contributed by atoms with Crippen LogP contribution in [0.5, 0.6) is 0 Å². The Morgan fingerprint density at radius 3 is 2.52 bits per heavy atom. The molecule has 0 unspecified atom stereocenters. The van der Waals surface area contributed by atoms with Crippen molar-refractivity contribution < 1.29 is 9.53 Å². The summed E-state index contributed by atoms with van der Waals surface area (Å²) in [6.45, 7) is 6.66. The molecule has 4 nitrogen and oxygen atoms in total. The summed E-state index contributed by atoms with van der Waals surface area (Å²) >= 11 is 15.5. The van der Waals surface area contributed by atoms with E-state index in [9.17, 15) is 4.79 Å². The minimum Gasteiger partial charge on any atom is -0.444 e. The predicted molar refractivity (Wildman–Crippen MR) is 91.5 cm³/mol. The summed E-state index contributed by atoms with van der Waals surface area (Å²) < 4.78 is 5.89. The SMILES string of the molecule is CC(C)(C)OC(=O)NCCCNc1ccc(Br)c(Cl)c1Cl. The second kappa shape index (κ2) is 8.11. The van der Waals surface area contributed by atoms with E-state index in [1.807, 2.05) is 32.9 Å². The molecular weight excluding hydrogens is 379 g/mol. The number of hydrogen-bond donors (Lipinski definition) is 2. The summed E-state index contributed by atoms with van der Waals surface area (Å²) in [5, 5.41) is 6.82. The fraction of sp³-hybridized carbons (Fsp3) is 0.500. The molecule has 0 saturated heterocycles. The van der Waals surface area contributed by atoms with Crippen LogP contribution in [0.25, 0.3) is 0 Å². The van der Waals surface area contributed by atoms with Crippen molar-refractivity contribution >= 4 is 50.9 Å². The van der Waals surface area contributed by atoms with Crippen molar-refractivity contribution in [3.05, 3.63) is 26.7 Å². The molecule has 0 bridgehead atoms. The Balaban J connectivity index is 2.29. The van der Waals surface area contributed by atoms with Gasteiger partial charge in [0, 0.05) is 17.6 Å². The topological polar surface area (TPSA) is 50.4 Å². The van der Waals surface area contributed by atoms with E-state index in [4.69, 9.17) is 27.9 Å². The third-order valence-electron chi connectivity index (χ3n) is 2.37. The molecule has 0 saturated carbocycles. The number of nitrogens with one attached hydrogen (secondary N) is 2. The van der Waals surface area contributed by atoms with E-state index in [0.717, 1.165) is 16.6 Å². The Hall–Kier alpha value is -0.650. The molecule has 0 fully saturated rings. The number of halogens is 3. The van der Waals surface area contributed by atoms with Crippen LogP contribution in [0.4, 0.5) is 10.5 Å².